The van der Waals surface area contributed by atoms with E-state index in [0.29, 0.717) is 25.0 Å². The summed E-state index contributed by atoms with van der Waals surface area (Å²) in [5.41, 5.74) is 5.89. The van der Waals surface area contributed by atoms with Crippen LogP contribution in [0.25, 0.3) is 0 Å². The molecule has 0 radical (unpaired) electrons. The summed E-state index contributed by atoms with van der Waals surface area (Å²) in [5, 5.41) is 0. The Morgan fingerprint density at radius 3 is 2.37 bits per heavy atom. The van der Waals surface area contributed by atoms with Gasteiger partial charge in [-0.15, -0.1) is 0 Å². The van der Waals surface area contributed by atoms with Gasteiger partial charge in [0, 0.05) is 24.7 Å². The predicted molar refractivity (Wildman–Crippen MR) is 79.9 cm³/mol. The van der Waals surface area contributed by atoms with E-state index in [1.54, 1.807) is 0 Å². The van der Waals surface area contributed by atoms with Crippen LogP contribution >= 0.6 is 0 Å². The van der Waals surface area contributed by atoms with E-state index in [0.717, 1.165) is 6.54 Å². The molecule has 0 aliphatic carbocycles. The Morgan fingerprint density at radius 1 is 1.32 bits per heavy atom. The Hall–Kier alpha value is -0.610. The molecule has 1 aliphatic heterocycles. The van der Waals surface area contributed by atoms with Crippen molar-refractivity contribution < 1.29 is 4.79 Å². The van der Waals surface area contributed by atoms with Crippen LogP contribution in [0.15, 0.2) is 0 Å². The highest BCUT2D eigenvalue weighted by Crippen LogP contribution is 2.22. The molecule has 2 atom stereocenters. The van der Waals surface area contributed by atoms with E-state index in [1.165, 1.54) is 12.8 Å². The van der Waals surface area contributed by atoms with E-state index in [-0.39, 0.29) is 18.0 Å². The van der Waals surface area contributed by atoms with Crippen molar-refractivity contribution in [3.05, 3.63) is 0 Å². The minimum atomic E-state index is 0.234. The van der Waals surface area contributed by atoms with E-state index in [9.17, 15) is 4.79 Å². The fourth-order valence-corrected chi connectivity index (χ4v) is 3.34. The van der Waals surface area contributed by atoms with Gasteiger partial charge in [0.1, 0.15) is 0 Å². The molecule has 0 aromatic carbocycles. The number of piperidine rings is 1. The average molecular weight is 269 g/mol. The molecule has 1 rings (SSSR count). The molecular weight excluding hydrogens is 238 g/mol. The molecule has 1 saturated heterocycles. The van der Waals surface area contributed by atoms with Crippen LogP contribution in [0.1, 0.15) is 47.5 Å². The number of carbonyl (C=O) groups excluding carboxylic acids is 1. The van der Waals surface area contributed by atoms with Gasteiger partial charge >= 0.3 is 0 Å². The zero-order valence-electron chi connectivity index (χ0n) is 13.2. The van der Waals surface area contributed by atoms with Gasteiger partial charge in [-0.3, -0.25) is 9.69 Å². The van der Waals surface area contributed by atoms with Crippen molar-refractivity contribution in [1.29, 1.82) is 0 Å². The zero-order chi connectivity index (χ0) is 14.6. The largest absolute Gasteiger partial charge is 0.337 e. The van der Waals surface area contributed by atoms with Crippen LogP contribution in [-0.2, 0) is 4.79 Å². The molecule has 1 aliphatic rings. The highest BCUT2D eigenvalue weighted by Gasteiger charge is 2.30. The van der Waals surface area contributed by atoms with Crippen LogP contribution in [0.5, 0.6) is 0 Å². The Bertz CT molecular complexity index is 283. The zero-order valence-corrected chi connectivity index (χ0v) is 13.2. The van der Waals surface area contributed by atoms with Crippen LogP contribution in [0, 0.1) is 5.92 Å². The Morgan fingerprint density at radius 2 is 1.89 bits per heavy atom. The van der Waals surface area contributed by atoms with Crippen molar-refractivity contribution in [2.24, 2.45) is 11.7 Å². The molecule has 0 spiro atoms. The Kier molecular flexibility index (Phi) is 6.27. The SMILES string of the molecule is CC1CCCN(CC(=O)N(C(C)C)C(C)C)C1CN. The molecule has 1 heterocycles. The smallest absolute Gasteiger partial charge is 0.237 e. The summed E-state index contributed by atoms with van der Waals surface area (Å²) in [7, 11) is 0. The van der Waals surface area contributed by atoms with Gasteiger partial charge in [-0.1, -0.05) is 6.92 Å². The summed E-state index contributed by atoms with van der Waals surface area (Å²) >= 11 is 0. The van der Waals surface area contributed by atoms with Crippen LogP contribution < -0.4 is 5.73 Å². The van der Waals surface area contributed by atoms with Gasteiger partial charge in [-0.25, -0.2) is 0 Å². The highest BCUT2D eigenvalue weighted by molar-refractivity contribution is 5.78. The third-order valence-electron chi connectivity index (χ3n) is 4.21. The van der Waals surface area contributed by atoms with Crippen LogP contribution in [0.2, 0.25) is 0 Å². The summed E-state index contributed by atoms with van der Waals surface area (Å²) in [5.74, 6) is 0.829. The number of amides is 1. The number of nitrogens with zero attached hydrogens (tertiary/aromatic N) is 2. The molecule has 0 aromatic heterocycles. The van der Waals surface area contributed by atoms with Crippen molar-refractivity contribution in [3.8, 4) is 0 Å². The van der Waals surface area contributed by atoms with Crippen molar-refractivity contribution in [2.45, 2.75) is 65.6 Å². The lowest BCUT2D eigenvalue weighted by Gasteiger charge is -2.41. The van der Waals surface area contributed by atoms with E-state index >= 15 is 0 Å². The van der Waals surface area contributed by atoms with Gasteiger partial charge in [-0.05, 0) is 53.0 Å². The van der Waals surface area contributed by atoms with Crippen molar-refractivity contribution in [3.63, 3.8) is 0 Å². The summed E-state index contributed by atoms with van der Waals surface area (Å²) in [6.07, 6.45) is 2.40. The van der Waals surface area contributed by atoms with Gasteiger partial charge in [0.15, 0.2) is 0 Å². The maximum Gasteiger partial charge on any atom is 0.237 e. The number of likely N-dealkylation sites (tertiary alicyclic amines) is 1. The predicted octanol–water partition coefficient (Wildman–Crippen LogP) is 1.69. The monoisotopic (exact) mass is 269 g/mol. The second kappa shape index (κ2) is 7.25. The summed E-state index contributed by atoms with van der Waals surface area (Å²) in [4.78, 5) is 16.8. The lowest BCUT2D eigenvalue weighted by molar-refractivity contribution is -0.137. The minimum Gasteiger partial charge on any atom is -0.337 e. The first-order valence-corrected chi connectivity index (χ1v) is 7.63. The lowest BCUT2D eigenvalue weighted by Crippen LogP contribution is -2.54. The average Bonchev–Trinajstić information content (AvgIpc) is 2.27. The quantitative estimate of drug-likeness (QED) is 0.826. The summed E-state index contributed by atoms with van der Waals surface area (Å²) < 4.78 is 0. The first-order valence-electron chi connectivity index (χ1n) is 7.63. The number of rotatable bonds is 5. The molecule has 0 saturated carbocycles. The van der Waals surface area contributed by atoms with Crippen molar-refractivity contribution >= 4 is 5.91 Å². The fourth-order valence-electron chi connectivity index (χ4n) is 3.34. The number of nitrogens with two attached hydrogens (primary N) is 1. The summed E-state index contributed by atoms with van der Waals surface area (Å²) in [6.45, 7) is 12.7. The van der Waals surface area contributed by atoms with E-state index in [2.05, 4.69) is 39.5 Å². The standard InChI is InChI=1S/C15H31N3O/c1-11(2)18(12(3)4)15(19)10-17-8-6-7-13(5)14(17)9-16/h11-14H,6-10,16H2,1-5H3. The molecule has 19 heavy (non-hydrogen) atoms. The van der Waals surface area contributed by atoms with Crippen LogP contribution in [0.4, 0.5) is 0 Å². The molecule has 2 N–H and O–H groups in total. The molecule has 2 unspecified atom stereocenters. The van der Waals surface area contributed by atoms with E-state index in [4.69, 9.17) is 5.73 Å². The van der Waals surface area contributed by atoms with Crippen molar-refractivity contribution in [1.82, 2.24) is 9.80 Å². The molecule has 1 amide bonds. The number of hydrogen-bond donors (Lipinski definition) is 1. The maximum atomic E-state index is 12.5. The molecule has 4 nitrogen and oxygen atoms in total. The highest BCUT2D eigenvalue weighted by atomic mass is 16.2. The molecule has 112 valence electrons. The molecule has 0 bridgehead atoms. The summed E-state index contributed by atoms with van der Waals surface area (Å²) in [6, 6.07) is 0.871. The molecule has 1 fully saturated rings. The van der Waals surface area contributed by atoms with Gasteiger partial charge in [-0.2, -0.15) is 0 Å². The Balaban J connectivity index is 2.68. The van der Waals surface area contributed by atoms with Gasteiger partial charge < -0.3 is 10.6 Å². The fraction of sp³-hybridized carbons (Fsp3) is 0.933. The van der Waals surface area contributed by atoms with E-state index in [1.807, 2.05) is 4.90 Å². The second-order valence-corrected chi connectivity index (χ2v) is 6.38. The molecule has 4 heteroatoms. The van der Waals surface area contributed by atoms with Gasteiger partial charge in [0.05, 0.1) is 6.54 Å². The van der Waals surface area contributed by atoms with Crippen LogP contribution in [0.3, 0.4) is 0 Å². The number of hydrogen-bond acceptors (Lipinski definition) is 3. The maximum absolute atomic E-state index is 12.5. The first-order chi connectivity index (χ1) is 8.88. The first kappa shape index (κ1) is 16.4. The minimum absolute atomic E-state index is 0.234. The lowest BCUT2D eigenvalue weighted by atomic mass is 9.91. The molecule has 0 aromatic rings. The van der Waals surface area contributed by atoms with Gasteiger partial charge in [0.25, 0.3) is 0 Å². The third kappa shape index (κ3) is 4.18. The molecular formula is C15H31N3O. The Labute approximate surface area is 118 Å². The normalized spacial score (nSPS) is 25.1. The van der Waals surface area contributed by atoms with Crippen molar-refractivity contribution in [2.75, 3.05) is 19.6 Å². The van der Waals surface area contributed by atoms with Crippen LogP contribution in [-0.4, -0.2) is 53.5 Å². The second-order valence-electron chi connectivity index (χ2n) is 6.38. The van der Waals surface area contributed by atoms with Gasteiger partial charge in [0.2, 0.25) is 5.91 Å². The van der Waals surface area contributed by atoms with E-state index < -0.39 is 0 Å². The topological polar surface area (TPSA) is 49.6 Å². The number of carbonyl (C=O) groups is 1. The third-order valence-corrected chi connectivity index (χ3v) is 4.21.